The molecule has 0 N–H and O–H groups in total. The molecular weight excluding hydrogens is 436 g/mol. The molecule has 0 nitrogen and oxygen atoms in total. The van der Waals surface area contributed by atoms with Crippen LogP contribution in [0.1, 0.15) is 74.5 Å². The summed E-state index contributed by atoms with van der Waals surface area (Å²) in [5.74, 6) is 0.963. The molecule has 0 bridgehead atoms. The van der Waals surface area contributed by atoms with Crippen LogP contribution in [0.15, 0.2) is 48.5 Å². The molecule has 2 heterocycles. The lowest BCUT2D eigenvalue weighted by atomic mass is 9.86. The number of unbranched alkanes of at least 4 members (excludes halogenated alkanes) is 2. The second kappa shape index (κ2) is 9.39. The van der Waals surface area contributed by atoms with Gasteiger partial charge in [-0.15, -0.1) is 22.7 Å². The Morgan fingerprint density at radius 1 is 0.667 bits per heavy atom. The molecule has 1 saturated carbocycles. The van der Waals surface area contributed by atoms with Crippen molar-refractivity contribution in [1.82, 2.24) is 0 Å². The monoisotopic (exact) mass is 470 g/mol. The summed E-state index contributed by atoms with van der Waals surface area (Å²) >= 11 is 4.06. The van der Waals surface area contributed by atoms with Crippen molar-refractivity contribution in [3.63, 3.8) is 0 Å². The number of fused-ring (bicyclic) bond motifs is 6. The zero-order chi connectivity index (χ0) is 22.2. The Morgan fingerprint density at radius 2 is 1.24 bits per heavy atom. The summed E-state index contributed by atoms with van der Waals surface area (Å²) in [6.07, 6.45) is 15.1. The lowest BCUT2D eigenvalue weighted by Crippen LogP contribution is -2.06. The number of hydrogen-bond acceptors (Lipinski definition) is 2. The zero-order valence-electron chi connectivity index (χ0n) is 19.8. The lowest BCUT2D eigenvalue weighted by molar-refractivity contribution is 0.340. The van der Waals surface area contributed by atoms with Crippen LogP contribution in [0.3, 0.4) is 0 Å². The fraction of sp³-hybridized carbons (Fsp3) is 0.419. The Kier molecular flexibility index (Phi) is 6.15. The second-order valence-electron chi connectivity index (χ2n) is 10.2. The molecule has 0 atom stereocenters. The highest BCUT2D eigenvalue weighted by Crippen LogP contribution is 2.39. The van der Waals surface area contributed by atoms with Gasteiger partial charge in [0.2, 0.25) is 0 Å². The summed E-state index contributed by atoms with van der Waals surface area (Å²) in [6, 6.07) is 19.2. The zero-order valence-corrected chi connectivity index (χ0v) is 21.4. The fourth-order valence-corrected chi connectivity index (χ4v) is 8.29. The van der Waals surface area contributed by atoms with Crippen LogP contribution < -0.4 is 0 Å². The van der Waals surface area contributed by atoms with Gasteiger partial charge in [0.25, 0.3) is 0 Å². The molecule has 5 aromatic rings. The van der Waals surface area contributed by atoms with Gasteiger partial charge in [0.15, 0.2) is 0 Å². The van der Waals surface area contributed by atoms with Gasteiger partial charge in [-0.05, 0) is 77.4 Å². The van der Waals surface area contributed by atoms with Gasteiger partial charge in [-0.25, -0.2) is 0 Å². The van der Waals surface area contributed by atoms with E-state index >= 15 is 0 Å². The van der Waals surface area contributed by atoms with E-state index in [9.17, 15) is 0 Å². The Balaban J connectivity index is 1.35. The van der Waals surface area contributed by atoms with E-state index < -0.39 is 0 Å². The predicted molar refractivity (Wildman–Crippen MR) is 150 cm³/mol. The van der Waals surface area contributed by atoms with Crippen LogP contribution in [0.25, 0.3) is 41.7 Å². The van der Waals surface area contributed by atoms with Crippen molar-refractivity contribution in [2.45, 2.75) is 77.6 Å². The smallest absolute Gasteiger partial charge is 0.0424 e. The van der Waals surface area contributed by atoms with Crippen LogP contribution >= 0.6 is 22.7 Å². The third-order valence-electron chi connectivity index (χ3n) is 7.77. The van der Waals surface area contributed by atoms with Crippen LogP contribution in [0, 0.1) is 5.92 Å². The van der Waals surface area contributed by atoms with Crippen LogP contribution in [-0.2, 0) is 12.8 Å². The van der Waals surface area contributed by atoms with Gasteiger partial charge in [0, 0.05) is 29.9 Å². The molecule has 0 saturated heterocycles. The maximum absolute atomic E-state index is 2.47. The van der Waals surface area contributed by atoms with Crippen LogP contribution in [0.2, 0.25) is 0 Å². The number of rotatable bonds is 7. The molecule has 1 aliphatic carbocycles. The van der Waals surface area contributed by atoms with Crippen molar-refractivity contribution >= 4 is 64.4 Å². The highest BCUT2D eigenvalue weighted by atomic mass is 32.1. The SMILES string of the molecule is CCCCCc1cc2ccc3cc4c(ccc5cc(CCC6CCCCC6)sc54)cc3c2s1. The summed E-state index contributed by atoms with van der Waals surface area (Å²) in [4.78, 5) is 3.12. The minimum absolute atomic E-state index is 0.963. The van der Waals surface area contributed by atoms with E-state index in [0.717, 1.165) is 5.92 Å². The van der Waals surface area contributed by atoms with E-state index in [1.54, 1.807) is 9.75 Å². The first-order valence-electron chi connectivity index (χ1n) is 13.1. The summed E-state index contributed by atoms with van der Waals surface area (Å²) in [5, 5.41) is 8.50. The number of thiophene rings is 2. The molecule has 0 spiro atoms. The molecule has 2 aromatic heterocycles. The highest BCUT2D eigenvalue weighted by molar-refractivity contribution is 7.20. The maximum Gasteiger partial charge on any atom is 0.0424 e. The standard InChI is InChI=1S/C31H34S2/c1-2-3-5-10-26-17-24-14-12-22-20-29-23(19-28(22)30(24)32-26)13-15-25-18-27(33-31(25)29)16-11-21-8-6-4-7-9-21/h12-15,17-21H,2-11,16H2,1H3. The third kappa shape index (κ3) is 4.33. The average molecular weight is 471 g/mol. The van der Waals surface area contributed by atoms with Gasteiger partial charge in [0.1, 0.15) is 0 Å². The first-order valence-corrected chi connectivity index (χ1v) is 14.7. The van der Waals surface area contributed by atoms with E-state index in [1.165, 1.54) is 112 Å². The lowest BCUT2D eigenvalue weighted by Gasteiger charge is -2.20. The first kappa shape index (κ1) is 21.6. The number of benzene rings is 3. The number of aryl methyl sites for hydroxylation is 2. The summed E-state index contributed by atoms with van der Waals surface area (Å²) < 4.78 is 2.96. The van der Waals surface area contributed by atoms with E-state index in [2.05, 4.69) is 55.5 Å². The minimum atomic E-state index is 0.963. The van der Waals surface area contributed by atoms with Gasteiger partial charge in [-0.1, -0.05) is 76.1 Å². The fourth-order valence-electron chi connectivity index (χ4n) is 5.86. The third-order valence-corrected chi connectivity index (χ3v) is 10.3. The van der Waals surface area contributed by atoms with Crippen LogP contribution in [0.5, 0.6) is 0 Å². The van der Waals surface area contributed by atoms with Crippen molar-refractivity contribution in [3.05, 3.63) is 58.3 Å². The molecule has 0 unspecified atom stereocenters. The van der Waals surface area contributed by atoms with E-state index in [1.807, 2.05) is 22.7 Å². The highest BCUT2D eigenvalue weighted by Gasteiger charge is 2.15. The predicted octanol–water partition coefficient (Wildman–Crippen LogP) is 10.7. The van der Waals surface area contributed by atoms with E-state index in [0.29, 0.717) is 0 Å². The van der Waals surface area contributed by atoms with E-state index in [-0.39, 0.29) is 0 Å². The Hall–Kier alpha value is -1.90. The van der Waals surface area contributed by atoms with Crippen molar-refractivity contribution < 1.29 is 0 Å². The average Bonchev–Trinajstić information content (AvgIpc) is 3.46. The van der Waals surface area contributed by atoms with Gasteiger partial charge < -0.3 is 0 Å². The minimum Gasteiger partial charge on any atom is -0.140 e. The van der Waals surface area contributed by atoms with Gasteiger partial charge in [-0.2, -0.15) is 0 Å². The molecule has 0 radical (unpaired) electrons. The van der Waals surface area contributed by atoms with Crippen molar-refractivity contribution in [3.8, 4) is 0 Å². The Labute approximate surface area is 205 Å². The van der Waals surface area contributed by atoms with Crippen molar-refractivity contribution in [2.75, 3.05) is 0 Å². The molecule has 1 fully saturated rings. The van der Waals surface area contributed by atoms with E-state index in [4.69, 9.17) is 0 Å². The molecule has 170 valence electrons. The molecule has 2 heteroatoms. The Morgan fingerprint density at radius 3 is 1.85 bits per heavy atom. The molecule has 6 rings (SSSR count). The molecule has 0 amide bonds. The topological polar surface area (TPSA) is 0 Å². The number of hydrogen-bond donors (Lipinski definition) is 0. The largest absolute Gasteiger partial charge is 0.140 e. The summed E-state index contributed by atoms with van der Waals surface area (Å²) in [5.41, 5.74) is 0. The molecule has 3 aromatic carbocycles. The van der Waals surface area contributed by atoms with Crippen molar-refractivity contribution in [1.29, 1.82) is 0 Å². The summed E-state index contributed by atoms with van der Waals surface area (Å²) in [6.45, 7) is 2.29. The van der Waals surface area contributed by atoms with Crippen LogP contribution in [0.4, 0.5) is 0 Å². The summed E-state index contributed by atoms with van der Waals surface area (Å²) in [7, 11) is 0. The first-order chi connectivity index (χ1) is 16.3. The Bertz CT molecular complexity index is 1410. The molecule has 0 aliphatic heterocycles. The molecular formula is C31H34S2. The van der Waals surface area contributed by atoms with Gasteiger partial charge in [0.05, 0.1) is 0 Å². The molecule has 33 heavy (non-hydrogen) atoms. The molecule has 1 aliphatic rings. The maximum atomic E-state index is 2.47. The second-order valence-corrected chi connectivity index (χ2v) is 12.5. The van der Waals surface area contributed by atoms with Gasteiger partial charge >= 0.3 is 0 Å². The quantitative estimate of drug-likeness (QED) is 0.164. The van der Waals surface area contributed by atoms with Crippen molar-refractivity contribution in [2.24, 2.45) is 5.92 Å². The normalized spacial score (nSPS) is 15.4. The van der Waals surface area contributed by atoms with Gasteiger partial charge in [-0.3, -0.25) is 0 Å². The van der Waals surface area contributed by atoms with Crippen LogP contribution in [-0.4, -0.2) is 0 Å².